The highest BCUT2D eigenvalue weighted by molar-refractivity contribution is 6.30. The summed E-state index contributed by atoms with van der Waals surface area (Å²) in [5, 5.41) is 7.81. The number of nitrogens with zero attached hydrogens (tertiary/aromatic N) is 2. The van der Waals surface area contributed by atoms with E-state index in [1.54, 1.807) is 0 Å². The van der Waals surface area contributed by atoms with E-state index in [2.05, 4.69) is 22.3 Å². The second kappa shape index (κ2) is 9.53. The second-order valence-electron chi connectivity index (χ2n) is 6.76. The molecule has 0 bridgehead atoms. The molecule has 0 aliphatic carbocycles. The Morgan fingerprint density at radius 2 is 1.93 bits per heavy atom. The zero-order chi connectivity index (χ0) is 19.9. The van der Waals surface area contributed by atoms with Gasteiger partial charge in [0, 0.05) is 22.3 Å². The summed E-state index contributed by atoms with van der Waals surface area (Å²) in [7, 11) is 0. The van der Waals surface area contributed by atoms with Crippen molar-refractivity contribution in [2.45, 2.75) is 26.8 Å². The lowest BCUT2D eigenvalue weighted by molar-refractivity contribution is -0.117. The number of halogens is 1. The number of carbonyl (C=O) groups excluding carboxylic acids is 1. The number of aromatic nitrogens is 1. The van der Waals surface area contributed by atoms with Gasteiger partial charge in [-0.05, 0) is 43.7 Å². The molecule has 0 aliphatic rings. The molecule has 28 heavy (non-hydrogen) atoms. The van der Waals surface area contributed by atoms with Crippen LogP contribution in [0.4, 0.5) is 5.69 Å². The summed E-state index contributed by atoms with van der Waals surface area (Å²) in [6, 6.07) is 17.1. The van der Waals surface area contributed by atoms with E-state index < -0.39 is 0 Å². The minimum absolute atomic E-state index is 0.0415. The number of hydrogen-bond donors (Lipinski definition) is 1. The van der Waals surface area contributed by atoms with E-state index >= 15 is 0 Å². The molecule has 3 rings (SSSR count). The van der Waals surface area contributed by atoms with Crippen molar-refractivity contribution in [3.05, 3.63) is 70.9 Å². The lowest BCUT2D eigenvalue weighted by atomic mass is 10.1. The van der Waals surface area contributed by atoms with Crippen LogP contribution in [-0.4, -0.2) is 29.1 Å². The van der Waals surface area contributed by atoms with Crippen LogP contribution in [0.2, 0.25) is 5.02 Å². The van der Waals surface area contributed by atoms with E-state index in [4.69, 9.17) is 16.1 Å². The Morgan fingerprint density at radius 3 is 2.64 bits per heavy atom. The number of rotatable bonds is 8. The predicted octanol–water partition coefficient (Wildman–Crippen LogP) is 5.15. The minimum Gasteiger partial charge on any atom is -0.359 e. The Balaban J connectivity index is 1.63. The van der Waals surface area contributed by atoms with Crippen LogP contribution >= 0.6 is 11.6 Å². The van der Waals surface area contributed by atoms with Gasteiger partial charge in [0.1, 0.15) is 5.69 Å². The van der Waals surface area contributed by atoms with Crippen LogP contribution in [0.3, 0.4) is 0 Å². The molecule has 0 saturated heterocycles. The first-order valence-corrected chi connectivity index (χ1v) is 9.72. The molecule has 0 aliphatic heterocycles. The molecule has 1 amide bonds. The van der Waals surface area contributed by atoms with Crippen LogP contribution in [0.1, 0.15) is 24.7 Å². The zero-order valence-corrected chi connectivity index (χ0v) is 16.9. The van der Waals surface area contributed by atoms with Crippen molar-refractivity contribution in [3.63, 3.8) is 0 Å². The number of nitrogens with one attached hydrogen (secondary N) is 1. The fourth-order valence-corrected chi connectivity index (χ4v) is 3.13. The molecule has 6 heteroatoms. The van der Waals surface area contributed by atoms with E-state index in [1.807, 2.05) is 61.5 Å². The normalized spacial score (nSPS) is 11.0. The maximum atomic E-state index is 12.5. The van der Waals surface area contributed by atoms with Gasteiger partial charge >= 0.3 is 0 Å². The molecule has 1 aromatic heterocycles. The molecular weight excluding hydrogens is 374 g/mol. The van der Waals surface area contributed by atoms with Crippen molar-refractivity contribution in [3.8, 4) is 11.3 Å². The molecule has 0 unspecified atom stereocenters. The third-order valence-electron chi connectivity index (χ3n) is 4.40. The number of hydrogen-bond acceptors (Lipinski definition) is 4. The summed E-state index contributed by atoms with van der Waals surface area (Å²) in [6.07, 6.45) is 0.940. The van der Waals surface area contributed by atoms with Crippen molar-refractivity contribution in [1.82, 2.24) is 10.1 Å². The van der Waals surface area contributed by atoms with Crippen molar-refractivity contribution in [2.75, 3.05) is 18.4 Å². The molecule has 0 spiro atoms. The van der Waals surface area contributed by atoms with Gasteiger partial charge in [0.15, 0.2) is 5.76 Å². The number of carbonyl (C=O) groups is 1. The average Bonchev–Trinajstić information content (AvgIpc) is 3.13. The third kappa shape index (κ3) is 5.44. The van der Waals surface area contributed by atoms with Gasteiger partial charge in [-0.1, -0.05) is 54.0 Å². The summed E-state index contributed by atoms with van der Waals surface area (Å²) < 4.78 is 5.49. The lowest BCUT2D eigenvalue weighted by Gasteiger charge is -2.19. The van der Waals surface area contributed by atoms with Crippen LogP contribution in [0, 0.1) is 6.92 Å². The molecule has 1 N–H and O–H groups in total. The smallest absolute Gasteiger partial charge is 0.238 e. The van der Waals surface area contributed by atoms with Crippen LogP contribution in [-0.2, 0) is 11.3 Å². The van der Waals surface area contributed by atoms with Crippen molar-refractivity contribution >= 4 is 23.2 Å². The number of para-hydroxylation sites is 1. The summed E-state index contributed by atoms with van der Waals surface area (Å²) in [6.45, 7) is 5.67. The highest BCUT2D eigenvalue weighted by Gasteiger charge is 2.15. The van der Waals surface area contributed by atoms with Gasteiger partial charge in [0.05, 0.1) is 13.1 Å². The van der Waals surface area contributed by atoms with Gasteiger partial charge < -0.3 is 9.84 Å². The SMILES string of the molecule is CCCN(CC(=O)Nc1ccccc1C)Cc1cc(-c2ccc(Cl)cc2)no1. The predicted molar refractivity (Wildman–Crippen MR) is 112 cm³/mol. The molecule has 2 aromatic carbocycles. The van der Waals surface area contributed by atoms with Gasteiger partial charge in [-0.15, -0.1) is 0 Å². The topological polar surface area (TPSA) is 58.4 Å². The standard InChI is InChI=1S/C22H24ClN3O2/c1-3-12-26(15-22(27)24-20-7-5-4-6-16(20)2)14-19-13-21(25-28-19)17-8-10-18(23)11-9-17/h4-11,13H,3,12,14-15H2,1-2H3,(H,24,27). The van der Waals surface area contributed by atoms with Gasteiger partial charge in [0.2, 0.25) is 5.91 Å². The van der Waals surface area contributed by atoms with Gasteiger partial charge in [-0.25, -0.2) is 0 Å². The van der Waals surface area contributed by atoms with Crippen molar-refractivity contribution < 1.29 is 9.32 Å². The first-order valence-electron chi connectivity index (χ1n) is 9.34. The third-order valence-corrected chi connectivity index (χ3v) is 4.66. The Morgan fingerprint density at radius 1 is 1.18 bits per heavy atom. The maximum absolute atomic E-state index is 12.5. The van der Waals surface area contributed by atoms with E-state index in [0.29, 0.717) is 18.1 Å². The maximum Gasteiger partial charge on any atom is 0.238 e. The van der Waals surface area contributed by atoms with E-state index in [-0.39, 0.29) is 5.91 Å². The van der Waals surface area contributed by atoms with Gasteiger partial charge in [-0.2, -0.15) is 0 Å². The number of aryl methyl sites for hydroxylation is 1. The molecule has 0 radical (unpaired) electrons. The Hall–Kier alpha value is -2.63. The Labute approximate surface area is 170 Å². The van der Waals surface area contributed by atoms with Crippen LogP contribution in [0.25, 0.3) is 11.3 Å². The van der Waals surface area contributed by atoms with Crippen LogP contribution in [0.5, 0.6) is 0 Å². The fourth-order valence-electron chi connectivity index (χ4n) is 3.00. The van der Waals surface area contributed by atoms with Crippen LogP contribution < -0.4 is 5.32 Å². The van der Waals surface area contributed by atoms with Crippen LogP contribution in [0.15, 0.2) is 59.1 Å². The Kier molecular flexibility index (Phi) is 6.85. The lowest BCUT2D eigenvalue weighted by Crippen LogP contribution is -2.33. The molecule has 0 fully saturated rings. The highest BCUT2D eigenvalue weighted by atomic mass is 35.5. The molecule has 0 atom stereocenters. The fraction of sp³-hybridized carbons (Fsp3) is 0.273. The number of anilines is 1. The van der Waals surface area contributed by atoms with Gasteiger partial charge in [-0.3, -0.25) is 9.69 Å². The van der Waals surface area contributed by atoms with Gasteiger partial charge in [0.25, 0.3) is 0 Å². The summed E-state index contributed by atoms with van der Waals surface area (Å²) in [4.78, 5) is 14.5. The molecular formula is C22H24ClN3O2. The Bertz CT molecular complexity index is 922. The van der Waals surface area contributed by atoms with Crippen molar-refractivity contribution in [2.24, 2.45) is 0 Å². The molecule has 5 nitrogen and oxygen atoms in total. The zero-order valence-electron chi connectivity index (χ0n) is 16.1. The first-order chi connectivity index (χ1) is 13.5. The highest BCUT2D eigenvalue weighted by Crippen LogP contribution is 2.22. The van der Waals surface area contributed by atoms with E-state index in [9.17, 15) is 4.79 Å². The first kappa shape index (κ1) is 20.1. The number of amides is 1. The summed E-state index contributed by atoms with van der Waals surface area (Å²) >= 11 is 5.94. The number of benzene rings is 2. The largest absolute Gasteiger partial charge is 0.359 e. The molecule has 0 saturated carbocycles. The molecule has 1 heterocycles. The van der Waals surface area contributed by atoms with E-state index in [0.717, 1.165) is 41.2 Å². The second-order valence-corrected chi connectivity index (χ2v) is 7.20. The average molecular weight is 398 g/mol. The summed E-state index contributed by atoms with van der Waals surface area (Å²) in [5.74, 6) is 0.683. The van der Waals surface area contributed by atoms with E-state index in [1.165, 1.54) is 0 Å². The van der Waals surface area contributed by atoms with Crippen molar-refractivity contribution in [1.29, 1.82) is 0 Å². The molecule has 146 valence electrons. The summed E-state index contributed by atoms with van der Waals surface area (Å²) in [5.41, 5.74) is 3.58. The molecule has 3 aromatic rings. The minimum atomic E-state index is -0.0415. The monoisotopic (exact) mass is 397 g/mol. The quantitative estimate of drug-likeness (QED) is 0.570.